The Labute approximate surface area is 143 Å². The standard InChI is InChI=1S/C14H11Br2ClN2O2/c1-8(11-4-2-9(15)6-12(11)16)18-13-5-3-10(17)7-14(13)19(20)21/h2-8,18H,1H3. The number of hydrogen-bond acceptors (Lipinski definition) is 3. The number of rotatable bonds is 4. The first-order valence-electron chi connectivity index (χ1n) is 6.04. The van der Waals surface area contributed by atoms with E-state index < -0.39 is 4.92 Å². The van der Waals surface area contributed by atoms with E-state index in [2.05, 4.69) is 37.2 Å². The maximum Gasteiger partial charge on any atom is 0.293 e. The summed E-state index contributed by atoms with van der Waals surface area (Å²) < 4.78 is 1.89. The van der Waals surface area contributed by atoms with Gasteiger partial charge in [-0.15, -0.1) is 0 Å². The van der Waals surface area contributed by atoms with Crippen molar-refractivity contribution in [2.75, 3.05) is 5.32 Å². The van der Waals surface area contributed by atoms with E-state index in [-0.39, 0.29) is 11.7 Å². The van der Waals surface area contributed by atoms with Crippen LogP contribution in [-0.2, 0) is 0 Å². The van der Waals surface area contributed by atoms with Crippen LogP contribution < -0.4 is 5.32 Å². The summed E-state index contributed by atoms with van der Waals surface area (Å²) >= 11 is 12.7. The molecule has 0 saturated carbocycles. The number of halogens is 3. The van der Waals surface area contributed by atoms with Gasteiger partial charge in [-0.3, -0.25) is 10.1 Å². The molecule has 0 aromatic heterocycles. The summed E-state index contributed by atoms with van der Waals surface area (Å²) in [7, 11) is 0. The monoisotopic (exact) mass is 432 g/mol. The second kappa shape index (κ2) is 6.77. The first-order chi connectivity index (χ1) is 9.88. The smallest absolute Gasteiger partial charge is 0.293 e. The zero-order chi connectivity index (χ0) is 15.6. The van der Waals surface area contributed by atoms with Crippen LogP contribution in [0.4, 0.5) is 11.4 Å². The second-order valence-corrected chi connectivity index (χ2v) is 6.66. The minimum absolute atomic E-state index is 0.0393. The maximum absolute atomic E-state index is 11.1. The zero-order valence-electron chi connectivity index (χ0n) is 10.9. The van der Waals surface area contributed by atoms with E-state index >= 15 is 0 Å². The third-order valence-electron chi connectivity index (χ3n) is 2.96. The molecule has 2 rings (SSSR count). The van der Waals surface area contributed by atoms with Crippen molar-refractivity contribution in [1.82, 2.24) is 0 Å². The molecule has 0 saturated heterocycles. The molecule has 0 aliphatic carbocycles. The first-order valence-corrected chi connectivity index (χ1v) is 8.00. The normalized spacial score (nSPS) is 12.0. The van der Waals surface area contributed by atoms with Crippen LogP contribution in [0.25, 0.3) is 0 Å². The van der Waals surface area contributed by atoms with E-state index in [0.717, 1.165) is 14.5 Å². The van der Waals surface area contributed by atoms with Crippen molar-refractivity contribution in [1.29, 1.82) is 0 Å². The van der Waals surface area contributed by atoms with Crippen LogP contribution in [0.15, 0.2) is 45.3 Å². The van der Waals surface area contributed by atoms with Crippen molar-refractivity contribution >= 4 is 54.8 Å². The van der Waals surface area contributed by atoms with Gasteiger partial charge in [0.05, 0.1) is 4.92 Å². The number of nitro groups is 1. The number of benzene rings is 2. The summed E-state index contributed by atoms with van der Waals surface area (Å²) in [6.07, 6.45) is 0. The fourth-order valence-electron chi connectivity index (χ4n) is 1.94. The number of hydrogen-bond donors (Lipinski definition) is 1. The Morgan fingerprint density at radius 2 is 1.95 bits per heavy atom. The summed E-state index contributed by atoms with van der Waals surface area (Å²) in [5, 5.41) is 14.6. The molecule has 7 heteroatoms. The topological polar surface area (TPSA) is 55.2 Å². The minimum Gasteiger partial charge on any atom is -0.373 e. The summed E-state index contributed by atoms with van der Waals surface area (Å²) in [4.78, 5) is 10.6. The van der Waals surface area contributed by atoms with Crippen LogP contribution in [-0.4, -0.2) is 4.92 Å². The molecule has 0 radical (unpaired) electrons. The molecule has 0 aliphatic heterocycles. The van der Waals surface area contributed by atoms with E-state index in [1.165, 1.54) is 6.07 Å². The lowest BCUT2D eigenvalue weighted by Gasteiger charge is -2.17. The second-order valence-electron chi connectivity index (χ2n) is 4.45. The SMILES string of the molecule is CC(Nc1ccc(Cl)cc1[N+](=O)[O-])c1ccc(Br)cc1Br. The van der Waals surface area contributed by atoms with E-state index in [0.29, 0.717) is 10.7 Å². The number of nitrogens with one attached hydrogen (secondary N) is 1. The molecule has 2 aromatic rings. The van der Waals surface area contributed by atoms with Gasteiger partial charge in [0.25, 0.3) is 5.69 Å². The third kappa shape index (κ3) is 3.96. The van der Waals surface area contributed by atoms with Crippen LogP contribution in [0.2, 0.25) is 5.02 Å². The first kappa shape index (κ1) is 16.3. The van der Waals surface area contributed by atoms with Crippen molar-refractivity contribution in [3.8, 4) is 0 Å². The Morgan fingerprint density at radius 3 is 2.57 bits per heavy atom. The molecule has 0 aliphatic rings. The van der Waals surface area contributed by atoms with Gasteiger partial charge in [-0.2, -0.15) is 0 Å². The summed E-state index contributed by atoms with van der Waals surface area (Å²) in [5.41, 5.74) is 1.40. The van der Waals surface area contributed by atoms with E-state index in [4.69, 9.17) is 11.6 Å². The molecule has 1 unspecified atom stereocenters. The fraction of sp³-hybridized carbons (Fsp3) is 0.143. The van der Waals surface area contributed by atoms with Gasteiger partial charge in [0, 0.05) is 26.1 Å². The average molecular weight is 435 g/mol. The lowest BCUT2D eigenvalue weighted by Crippen LogP contribution is -2.09. The molecule has 0 fully saturated rings. The molecule has 2 aromatic carbocycles. The molecule has 21 heavy (non-hydrogen) atoms. The van der Waals surface area contributed by atoms with Gasteiger partial charge in [-0.1, -0.05) is 49.5 Å². The van der Waals surface area contributed by atoms with Crippen molar-refractivity contribution < 1.29 is 4.92 Å². The molecule has 0 heterocycles. The third-order valence-corrected chi connectivity index (χ3v) is 4.37. The molecule has 1 atom stereocenters. The van der Waals surface area contributed by atoms with E-state index in [1.54, 1.807) is 12.1 Å². The lowest BCUT2D eigenvalue weighted by atomic mass is 10.1. The molecule has 1 N–H and O–H groups in total. The molecule has 0 amide bonds. The van der Waals surface area contributed by atoms with Crippen LogP contribution >= 0.6 is 43.5 Å². The van der Waals surface area contributed by atoms with Crippen molar-refractivity contribution in [3.63, 3.8) is 0 Å². The summed E-state index contributed by atoms with van der Waals surface area (Å²) in [5.74, 6) is 0. The van der Waals surface area contributed by atoms with Crippen LogP contribution in [0.1, 0.15) is 18.5 Å². The fourth-order valence-corrected chi connectivity index (χ4v) is 3.50. The van der Waals surface area contributed by atoms with Gasteiger partial charge in [0.2, 0.25) is 0 Å². The Hall–Kier alpha value is -1.11. The molecule has 110 valence electrons. The Kier molecular flexibility index (Phi) is 5.24. The zero-order valence-corrected chi connectivity index (χ0v) is 14.9. The highest BCUT2D eigenvalue weighted by Gasteiger charge is 2.17. The van der Waals surface area contributed by atoms with Crippen LogP contribution in [0, 0.1) is 10.1 Å². The molecular formula is C14H11Br2ClN2O2. The summed E-state index contributed by atoms with van der Waals surface area (Å²) in [6.45, 7) is 1.94. The largest absolute Gasteiger partial charge is 0.373 e. The molecule has 0 spiro atoms. The Balaban J connectivity index is 2.31. The quantitative estimate of drug-likeness (QED) is 0.478. The number of nitrogens with zero attached hydrogens (tertiary/aromatic N) is 1. The van der Waals surface area contributed by atoms with Crippen LogP contribution in [0.3, 0.4) is 0 Å². The number of anilines is 1. The van der Waals surface area contributed by atoms with Gasteiger partial charge in [-0.25, -0.2) is 0 Å². The van der Waals surface area contributed by atoms with E-state index in [1.807, 2.05) is 25.1 Å². The van der Waals surface area contributed by atoms with Crippen molar-refractivity contribution in [3.05, 3.63) is 66.0 Å². The van der Waals surface area contributed by atoms with Gasteiger partial charge in [-0.05, 0) is 36.8 Å². The highest BCUT2D eigenvalue weighted by molar-refractivity contribution is 9.11. The average Bonchev–Trinajstić information content (AvgIpc) is 2.40. The van der Waals surface area contributed by atoms with Gasteiger partial charge >= 0.3 is 0 Å². The van der Waals surface area contributed by atoms with Crippen molar-refractivity contribution in [2.45, 2.75) is 13.0 Å². The Morgan fingerprint density at radius 1 is 1.24 bits per heavy atom. The van der Waals surface area contributed by atoms with Crippen molar-refractivity contribution in [2.24, 2.45) is 0 Å². The van der Waals surface area contributed by atoms with Gasteiger partial charge < -0.3 is 5.32 Å². The highest BCUT2D eigenvalue weighted by Crippen LogP contribution is 2.33. The van der Waals surface area contributed by atoms with E-state index in [9.17, 15) is 10.1 Å². The number of nitro benzene ring substituents is 1. The predicted molar refractivity (Wildman–Crippen MR) is 92.0 cm³/mol. The lowest BCUT2D eigenvalue weighted by molar-refractivity contribution is -0.384. The molecule has 0 bridgehead atoms. The summed E-state index contributed by atoms with van der Waals surface area (Å²) in [6, 6.07) is 10.3. The highest BCUT2D eigenvalue weighted by atomic mass is 79.9. The predicted octanol–water partition coefficient (Wildman–Crippen LogP) is 5.95. The maximum atomic E-state index is 11.1. The van der Waals surface area contributed by atoms with Crippen LogP contribution in [0.5, 0.6) is 0 Å². The van der Waals surface area contributed by atoms with Gasteiger partial charge in [0.1, 0.15) is 5.69 Å². The minimum atomic E-state index is -0.447. The molecule has 4 nitrogen and oxygen atoms in total. The molecular weight excluding hydrogens is 423 g/mol. The van der Waals surface area contributed by atoms with Gasteiger partial charge in [0.15, 0.2) is 0 Å². The Bertz CT molecular complexity index is 695.